The Bertz CT molecular complexity index is 741. The third-order valence-corrected chi connectivity index (χ3v) is 3.18. The summed E-state index contributed by atoms with van der Waals surface area (Å²) in [7, 11) is 0. The Morgan fingerprint density at radius 2 is 1.64 bits per heavy atom. The van der Waals surface area contributed by atoms with Crippen molar-refractivity contribution in [2.45, 2.75) is 6.92 Å². The van der Waals surface area contributed by atoms with Crippen LogP contribution in [0.5, 0.6) is 17.2 Å². The van der Waals surface area contributed by atoms with Crippen LogP contribution in [0, 0.1) is 0 Å². The molecule has 0 aliphatic rings. The van der Waals surface area contributed by atoms with Gasteiger partial charge in [-0.1, -0.05) is 30.3 Å². The van der Waals surface area contributed by atoms with Gasteiger partial charge in [0, 0.05) is 17.8 Å². The highest BCUT2D eigenvalue weighted by Crippen LogP contribution is 2.33. The Morgan fingerprint density at radius 1 is 0.864 bits per heavy atom. The summed E-state index contributed by atoms with van der Waals surface area (Å²) in [6, 6.07) is 21.4. The number of pyridine rings is 1. The minimum Gasteiger partial charge on any atom is -0.494 e. The van der Waals surface area contributed by atoms with E-state index in [1.807, 2.05) is 73.7 Å². The smallest absolute Gasteiger partial charge is 0.136 e. The van der Waals surface area contributed by atoms with Crippen LogP contribution in [0.4, 0.5) is 0 Å². The van der Waals surface area contributed by atoms with E-state index in [0.29, 0.717) is 6.61 Å². The SMILES string of the molecule is CCOc1ccnc(-c2ccccc2Oc2ccccc2)c1. The fourth-order valence-corrected chi connectivity index (χ4v) is 2.20. The maximum Gasteiger partial charge on any atom is 0.136 e. The van der Waals surface area contributed by atoms with Crippen molar-refractivity contribution in [2.24, 2.45) is 0 Å². The predicted octanol–water partition coefficient (Wildman–Crippen LogP) is 4.94. The summed E-state index contributed by atoms with van der Waals surface area (Å²) in [6.45, 7) is 2.60. The van der Waals surface area contributed by atoms with E-state index in [-0.39, 0.29) is 0 Å². The van der Waals surface area contributed by atoms with Gasteiger partial charge in [0.2, 0.25) is 0 Å². The summed E-state index contributed by atoms with van der Waals surface area (Å²) in [4.78, 5) is 4.43. The van der Waals surface area contributed by atoms with Crippen molar-refractivity contribution in [3.63, 3.8) is 0 Å². The van der Waals surface area contributed by atoms with Gasteiger partial charge >= 0.3 is 0 Å². The molecule has 110 valence electrons. The van der Waals surface area contributed by atoms with Gasteiger partial charge in [-0.2, -0.15) is 0 Å². The van der Waals surface area contributed by atoms with Gasteiger partial charge in [-0.25, -0.2) is 0 Å². The van der Waals surface area contributed by atoms with Gasteiger partial charge in [-0.3, -0.25) is 4.98 Å². The fourth-order valence-electron chi connectivity index (χ4n) is 2.20. The number of para-hydroxylation sites is 2. The molecule has 3 nitrogen and oxygen atoms in total. The van der Waals surface area contributed by atoms with Crippen LogP contribution in [0.2, 0.25) is 0 Å². The standard InChI is InChI=1S/C19H17NO2/c1-2-21-16-12-13-20-18(14-16)17-10-6-7-11-19(17)22-15-8-4-3-5-9-15/h3-14H,2H2,1H3. The largest absolute Gasteiger partial charge is 0.494 e. The van der Waals surface area contributed by atoms with Crippen LogP contribution in [0.3, 0.4) is 0 Å². The molecular weight excluding hydrogens is 274 g/mol. The lowest BCUT2D eigenvalue weighted by Gasteiger charge is -2.11. The molecule has 0 radical (unpaired) electrons. The first kappa shape index (κ1) is 14.1. The molecule has 0 amide bonds. The molecule has 0 saturated carbocycles. The van der Waals surface area contributed by atoms with Crippen molar-refractivity contribution in [1.29, 1.82) is 0 Å². The lowest BCUT2D eigenvalue weighted by atomic mass is 10.1. The molecule has 0 aliphatic carbocycles. The van der Waals surface area contributed by atoms with E-state index in [1.165, 1.54) is 0 Å². The zero-order valence-electron chi connectivity index (χ0n) is 12.4. The number of ether oxygens (including phenoxy) is 2. The first-order valence-corrected chi connectivity index (χ1v) is 7.28. The molecule has 22 heavy (non-hydrogen) atoms. The molecule has 0 aliphatic heterocycles. The van der Waals surface area contributed by atoms with Gasteiger partial charge in [0.05, 0.1) is 12.3 Å². The van der Waals surface area contributed by atoms with Crippen molar-refractivity contribution in [2.75, 3.05) is 6.61 Å². The second kappa shape index (κ2) is 6.76. The van der Waals surface area contributed by atoms with Crippen LogP contribution >= 0.6 is 0 Å². The summed E-state index contributed by atoms with van der Waals surface area (Å²) in [5.41, 5.74) is 1.77. The van der Waals surface area contributed by atoms with Crippen LogP contribution in [-0.4, -0.2) is 11.6 Å². The highest BCUT2D eigenvalue weighted by atomic mass is 16.5. The second-order valence-electron chi connectivity index (χ2n) is 4.72. The average molecular weight is 291 g/mol. The highest BCUT2D eigenvalue weighted by molar-refractivity contribution is 5.68. The number of benzene rings is 2. The summed E-state index contributed by atoms with van der Waals surface area (Å²) < 4.78 is 11.5. The van der Waals surface area contributed by atoms with Crippen molar-refractivity contribution in [3.05, 3.63) is 72.9 Å². The minimum absolute atomic E-state index is 0.631. The quantitative estimate of drug-likeness (QED) is 0.667. The van der Waals surface area contributed by atoms with Gasteiger partial charge in [-0.05, 0) is 37.3 Å². The Kier molecular flexibility index (Phi) is 4.35. The van der Waals surface area contributed by atoms with E-state index in [1.54, 1.807) is 6.20 Å². The second-order valence-corrected chi connectivity index (χ2v) is 4.72. The molecule has 1 aromatic heterocycles. The van der Waals surface area contributed by atoms with Crippen LogP contribution in [0.25, 0.3) is 11.3 Å². The van der Waals surface area contributed by atoms with Gasteiger partial charge < -0.3 is 9.47 Å². The van der Waals surface area contributed by atoms with Crippen LogP contribution in [-0.2, 0) is 0 Å². The molecule has 3 heteroatoms. The van der Waals surface area contributed by atoms with E-state index in [2.05, 4.69) is 4.98 Å². The van der Waals surface area contributed by atoms with E-state index in [0.717, 1.165) is 28.5 Å². The molecule has 0 fully saturated rings. The van der Waals surface area contributed by atoms with E-state index in [4.69, 9.17) is 9.47 Å². The molecule has 2 aromatic carbocycles. The number of hydrogen-bond donors (Lipinski definition) is 0. The topological polar surface area (TPSA) is 31.4 Å². The first-order valence-electron chi connectivity index (χ1n) is 7.28. The third-order valence-electron chi connectivity index (χ3n) is 3.18. The molecule has 0 unspecified atom stereocenters. The number of nitrogens with zero attached hydrogens (tertiary/aromatic N) is 1. The lowest BCUT2D eigenvalue weighted by molar-refractivity contribution is 0.340. The Labute approximate surface area is 130 Å². The van der Waals surface area contributed by atoms with Crippen LogP contribution in [0.15, 0.2) is 72.9 Å². The van der Waals surface area contributed by atoms with E-state index < -0.39 is 0 Å². The Hall–Kier alpha value is -2.81. The van der Waals surface area contributed by atoms with Gasteiger partial charge in [0.1, 0.15) is 17.2 Å². The number of rotatable bonds is 5. The van der Waals surface area contributed by atoms with Gasteiger partial charge in [0.15, 0.2) is 0 Å². The molecule has 3 aromatic rings. The first-order chi connectivity index (χ1) is 10.9. The number of aromatic nitrogens is 1. The molecule has 0 bridgehead atoms. The molecule has 1 heterocycles. The maximum absolute atomic E-state index is 5.98. The molecule has 0 N–H and O–H groups in total. The van der Waals surface area contributed by atoms with Crippen LogP contribution < -0.4 is 9.47 Å². The zero-order chi connectivity index (χ0) is 15.2. The third kappa shape index (κ3) is 3.26. The predicted molar refractivity (Wildman–Crippen MR) is 87.4 cm³/mol. The van der Waals surface area contributed by atoms with Gasteiger partial charge in [0.25, 0.3) is 0 Å². The van der Waals surface area contributed by atoms with Crippen molar-refractivity contribution >= 4 is 0 Å². The van der Waals surface area contributed by atoms with E-state index >= 15 is 0 Å². The lowest BCUT2D eigenvalue weighted by Crippen LogP contribution is -1.94. The molecule has 0 spiro atoms. The summed E-state index contributed by atoms with van der Waals surface area (Å²) in [5, 5.41) is 0. The van der Waals surface area contributed by atoms with Crippen molar-refractivity contribution < 1.29 is 9.47 Å². The van der Waals surface area contributed by atoms with Crippen LogP contribution in [0.1, 0.15) is 6.92 Å². The Morgan fingerprint density at radius 3 is 2.45 bits per heavy atom. The van der Waals surface area contributed by atoms with Gasteiger partial charge in [-0.15, -0.1) is 0 Å². The zero-order valence-corrected chi connectivity index (χ0v) is 12.4. The maximum atomic E-state index is 5.98. The average Bonchev–Trinajstić information content (AvgIpc) is 2.57. The number of hydrogen-bond acceptors (Lipinski definition) is 3. The highest BCUT2D eigenvalue weighted by Gasteiger charge is 2.09. The molecule has 3 rings (SSSR count). The fraction of sp³-hybridized carbons (Fsp3) is 0.105. The molecule has 0 atom stereocenters. The molecular formula is C19H17NO2. The van der Waals surface area contributed by atoms with E-state index in [9.17, 15) is 0 Å². The normalized spacial score (nSPS) is 10.2. The molecule has 0 saturated heterocycles. The van der Waals surface area contributed by atoms with Crippen molar-refractivity contribution in [3.8, 4) is 28.5 Å². The minimum atomic E-state index is 0.631. The summed E-state index contributed by atoms with van der Waals surface area (Å²) in [6.07, 6.45) is 1.75. The van der Waals surface area contributed by atoms with Crippen molar-refractivity contribution in [1.82, 2.24) is 4.98 Å². The summed E-state index contributed by atoms with van der Waals surface area (Å²) in [5.74, 6) is 2.38. The summed E-state index contributed by atoms with van der Waals surface area (Å²) >= 11 is 0. The monoisotopic (exact) mass is 291 g/mol. The Balaban J connectivity index is 1.96.